The summed E-state index contributed by atoms with van der Waals surface area (Å²) in [7, 11) is 1.59. The van der Waals surface area contributed by atoms with Crippen molar-refractivity contribution in [3.8, 4) is 11.6 Å². The number of halogens is 1. The van der Waals surface area contributed by atoms with Crippen LogP contribution in [0.25, 0.3) is 0 Å². The van der Waals surface area contributed by atoms with Crippen LogP contribution >= 0.6 is 15.9 Å². The average Bonchev–Trinajstić information content (AvgIpc) is 2.87. The van der Waals surface area contributed by atoms with Crippen molar-refractivity contribution in [2.45, 2.75) is 18.9 Å². The fourth-order valence-electron chi connectivity index (χ4n) is 1.00. The molecule has 1 fully saturated rings. The van der Waals surface area contributed by atoms with Gasteiger partial charge in [0.2, 0.25) is 5.88 Å². The van der Waals surface area contributed by atoms with E-state index in [1.807, 2.05) is 6.07 Å². The van der Waals surface area contributed by atoms with Crippen LogP contribution in [0.5, 0.6) is 11.6 Å². The summed E-state index contributed by atoms with van der Waals surface area (Å²) in [5.41, 5.74) is 0. The van der Waals surface area contributed by atoms with Crippen LogP contribution in [-0.2, 0) is 0 Å². The molecule has 4 heteroatoms. The van der Waals surface area contributed by atoms with Crippen molar-refractivity contribution in [1.29, 1.82) is 0 Å². The normalized spacial score (nSPS) is 15.5. The molecule has 0 bridgehead atoms. The van der Waals surface area contributed by atoms with Gasteiger partial charge in [-0.25, -0.2) is 4.98 Å². The van der Waals surface area contributed by atoms with Crippen molar-refractivity contribution in [3.63, 3.8) is 0 Å². The molecule has 1 heterocycles. The second-order valence-corrected chi connectivity index (χ2v) is 3.80. The second kappa shape index (κ2) is 3.54. The van der Waals surface area contributed by atoms with Gasteiger partial charge < -0.3 is 9.47 Å². The zero-order valence-corrected chi connectivity index (χ0v) is 8.87. The lowest BCUT2D eigenvalue weighted by molar-refractivity contribution is 0.299. The summed E-state index contributed by atoms with van der Waals surface area (Å²) < 4.78 is 11.4. The molecule has 0 atom stereocenters. The van der Waals surface area contributed by atoms with Gasteiger partial charge >= 0.3 is 0 Å². The number of pyridine rings is 1. The Labute approximate surface area is 85.2 Å². The Morgan fingerprint density at radius 3 is 2.85 bits per heavy atom. The van der Waals surface area contributed by atoms with Gasteiger partial charge in [-0.1, -0.05) is 0 Å². The molecular weight excluding hydrogens is 234 g/mol. The van der Waals surface area contributed by atoms with E-state index < -0.39 is 0 Å². The summed E-state index contributed by atoms with van der Waals surface area (Å²) in [6, 6.07) is 3.64. The van der Waals surface area contributed by atoms with E-state index in [-0.39, 0.29) is 0 Å². The predicted molar refractivity (Wildman–Crippen MR) is 52.1 cm³/mol. The van der Waals surface area contributed by atoms with Crippen molar-refractivity contribution in [2.24, 2.45) is 0 Å². The zero-order valence-electron chi connectivity index (χ0n) is 7.29. The molecule has 0 amide bonds. The van der Waals surface area contributed by atoms with Crippen molar-refractivity contribution >= 4 is 15.9 Å². The fourth-order valence-corrected chi connectivity index (χ4v) is 1.40. The first kappa shape index (κ1) is 8.81. The lowest BCUT2D eigenvalue weighted by Gasteiger charge is -2.06. The molecule has 1 aromatic rings. The molecule has 0 N–H and O–H groups in total. The van der Waals surface area contributed by atoms with Gasteiger partial charge in [-0.05, 0) is 28.8 Å². The molecule has 0 aliphatic heterocycles. The van der Waals surface area contributed by atoms with Gasteiger partial charge in [0.1, 0.15) is 10.4 Å². The summed E-state index contributed by atoms with van der Waals surface area (Å²) in [5.74, 6) is 1.39. The Morgan fingerprint density at radius 2 is 2.23 bits per heavy atom. The Hall–Kier alpha value is -0.770. The number of aromatic nitrogens is 1. The highest BCUT2D eigenvalue weighted by molar-refractivity contribution is 9.10. The first-order valence-corrected chi connectivity index (χ1v) is 4.95. The minimum Gasteiger partial charge on any atom is -0.490 e. The summed E-state index contributed by atoms with van der Waals surface area (Å²) in [5, 5.41) is 0. The molecule has 0 saturated heterocycles. The van der Waals surface area contributed by atoms with Gasteiger partial charge in [-0.15, -0.1) is 0 Å². The molecule has 2 rings (SSSR count). The van der Waals surface area contributed by atoms with Crippen molar-refractivity contribution in [2.75, 3.05) is 7.11 Å². The fraction of sp³-hybridized carbons (Fsp3) is 0.444. The van der Waals surface area contributed by atoms with Crippen LogP contribution in [0.4, 0.5) is 0 Å². The molecular formula is C9H10BrNO2. The molecule has 3 nitrogen and oxygen atoms in total. The van der Waals surface area contributed by atoms with Crippen molar-refractivity contribution in [3.05, 3.63) is 16.7 Å². The van der Waals surface area contributed by atoms with Crippen LogP contribution in [0.2, 0.25) is 0 Å². The Morgan fingerprint density at radius 1 is 1.46 bits per heavy atom. The van der Waals surface area contributed by atoms with Gasteiger partial charge in [-0.2, -0.15) is 0 Å². The number of hydrogen-bond donors (Lipinski definition) is 0. The molecule has 1 aliphatic carbocycles. The number of ether oxygens (including phenoxy) is 2. The average molecular weight is 244 g/mol. The summed E-state index contributed by atoms with van der Waals surface area (Å²) in [4.78, 5) is 4.09. The molecule has 0 unspecified atom stereocenters. The lowest BCUT2D eigenvalue weighted by atomic mass is 10.4. The smallest absolute Gasteiger partial charge is 0.217 e. The highest BCUT2D eigenvalue weighted by Gasteiger charge is 2.23. The van der Waals surface area contributed by atoms with Crippen LogP contribution in [0.1, 0.15) is 12.8 Å². The highest BCUT2D eigenvalue weighted by Crippen LogP contribution is 2.29. The van der Waals surface area contributed by atoms with Gasteiger partial charge in [-0.3, -0.25) is 0 Å². The maximum atomic E-state index is 5.60. The molecule has 0 radical (unpaired) electrons. The second-order valence-electron chi connectivity index (χ2n) is 2.99. The van der Waals surface area contributed by atoms with Gasteiger partial charge in [0, 0.05) is 12.1 Å². The molecule has 0 aromatic carbocycles. The van der Waals surface area contributed by atoms with E-state index in [4.69, 9.17) is 9.47 Å². The number of rotatable bonds is 3. The van der Waals surface area contributed by atoms with Crippen LogP contribution in [0.15, 0.2) is 16.7 Å². The summed E-state index contributed by atoms with van der Waals surface area (Å²) >= 11 is 3.29. The Bertz CT molecular complexity index is 312. The van der Waals surface area contributed by atoms with E-state index >= 15 is 0 Å². The quantitative estimate of drug-likeness (QED) is 0.765. The molecule has 70 valence electrons. The molecule has 13 heavy (non-hydrogen) atoms. The van der Waals surface area contributed by atoms with Gasteiger partial charge in [0.25, 0.3) is 0 Å². The molecule has 0 spiro atoms. The van der Waals surface area contributed by atoms with Crippen LogP contribution in [0, 0.1) is 0 Å². The standard InChI is InChI=1S/C9H10BrNO2/c1-12-9-5-7(4-8(10)11-9)13-6-2-3-6/h4-6H,2-3H2,1H3. The Kier molecular flexibility index (Phi) is 2.40. The van der Waals surface area contributed by atoms with Crippen molar-refractivity contribution in [1.82, 2.24) is 4.98 Å². The third-order valence-electron chi connectivity index (χ3n) is 1.78. The summed E-state index contributed by atoms with van der Waals surface area (Å²) in [6.07, 6.45) is 2.71. The SMILES string of the molecule is COc1cc(OC2CC2)cc(Br)n1. The first-order chi connectivity index (χ1) is 6.28. The lowest BCUT2D eigenvalue weighted by Crippen LogP contribution is -1.97. The van der Waals surface area contributed by atoms with E-state index in [0.29, 0.717) is 12.0 Å². The van der Waals surface area contributed by atoms with Gasteiger partial charge in [0.05, 0.1) is 13.2 Å². The van der Waals surface area contributed by atoms with E-state index in [0.717, 1.165) is 23.2 Å². The van der Waals surface area contributed by atoms with Crippen molar-refractivity contribution < 1.29 is 9.47 Å². The molecule has 1 aromatic heterocycles. The van der Waals surface area contributed by atoms with E-state index in [9.17, 15) is 0 Å². The van der Waals surface area contributed by atoms with E-state index in [1.54, 1.807) is 13.2 Å². The maximum absolute atomic E-state index is 5.60. The first-order valence-electron chi connectivity index (χ1n) is 4.16. The van der Waals surface area contributed by atoms with Crippen LogP contribution < -0.4 is 9.47 Å². The molecule has 1 saturated carbocycles. The number of methoxy groups -OCH3 is 1. The summed E-state index contributed by atoms with van der Waals surface area (Å²) in [6.45, 7) is 0. The third-order valence-corrected chi connectivity index (χ3v) is 2.19. The highest BCUT2D eigenvalue weighted by atomic mass is 79.9. The minimum absolute atomic E-state index is 0.402. The monoisotopic (exact) mass is 243 g/mol. The largest absolute Gasteiger partial charge is 0.490 e. The predicted octanol–water partition coefficient (Wildman–Crippen LogP) is 2.39. The Balaban J connectivity index is 2.17. The molecule has 1 aliphatic rings. The van der Waals surface area contributed by atoms with Crippen LogP contribution in [-0.4, -0.2) is 18.2 Å². The zero-order chi connectivity index (χ0) is 9.26. The van der Waals surface area contributed by atoms with Crippen LogP contribution in [0.3, 0.4) is 0 Å². The minimum atomic E-state index is 0.402. The maximum Gasteiger partial charge on any atom is 0.217 e. The van der Waals surface area contributed by atoms with E-state index in [2.05, 4.69) is 20.9 Å². The number of hydrogen-bond acceptors (Lipinski definition) is 3. The number of nitrogens with zero attached hydrogens (tertiary/aromatic N) is 1. The third kappa shape index (κ3) is 2.34. The topological polar surface area (TPSA) is 31.4 Å². The van der Waals surface area contributed by atoms with E-state index in [1.165, 1.54) is 0 Å². The van der Waals surface area contributed by atoms with Gasteiger partial charge in [0.15, 0.2) is 0 Å².